The third kappa shape index (κ3) is 2.96. The van der Waals surface area contributed by atoms with Crippen molar-refractivity contribution in [2.24, 2.45) is 0 Å². The number of imide groups is 2. The molecule has 0 radical (unpaired) electrons. The SMILES string of the molecule is O=C1CCC(N2C(=O)c3cccc(CNc4cc5n(n4)CCNC5)c3C2=O)C(=O)N1. The molecule has 3 aliphatic heterocycles. The average Bonchev–Trinajstić information content (AvgIpc) is 3.26. The van der Waals surface area contributed by atoms with Gasteiger partial charge < -0.3 is 10.6 Å². The second kappa shape index (κ2) is 7.06. The van der Waals surface area contributed by atoms with E-state index in [2.05, 4.69) is 21.0 Å². The van der Waals surface area contributed by atoms with E-state index in [1.807, 2.05) is 10.7 Å². The molecule has 1 aromatic carbocycles. The van der Waals surface area contributed by atoms with E-state index < -0.39 is 29.7 Å². The molecule has 3 aliphatic rings. The number of hydrogen-bond donors (Lipinski definition) is 3. The summed E-state index contributed by atoms with van der Waals surface area (Å²) in [5.41, 5.74) is 2.31. The number of nitrogens with zero attached hydrogens (tertiary/aromatic N) is 3. The molecule has 0 bridgehead atoms. The van der Waals surface area contributed by atoms with Gasteiger partial charge in [-0.15, -0.1) is 0 Å². The Bertz CT molecular complexity index is 1070. The summed E-state index contributed by atoms with van der Waals surface area (Å²) in [6.45, 7) is 2.73. The first-order chi connectivity index (χ1) is 14.5. The van der Waals surface area contributed by atoms with E-state index in [0.29, 0.717) is 23.5 Å². The van der Waals surface area contributed by atoms with Gasteiger partial charge in [-0.05, 0) is 18.1 Å². The molecule has 10 nitrogen and oxygen atoms in total. The molecule has 1 unspecified atom stereocenters. The van der Waals surface area contributed by atoms with Crippen LogP contribution in [0.15, 0.2) is 24.3 Å². The molecular formula is C20H20N6O4. The summed E-state index contributed by atoms with van der Waals surface area (Å²) >= 11 is 0. The van der Waals surface area contributed by atoms with Crippen molar-refractivity contribution in [2.45, 2.75) is 38.5 Å². The molecule has 4 heterocycles. The summed E-state index contributed by atoms with van der Waals surface area (Å²) in [7, 11) is 0. The van der Waals surface area contributed by atoms with Gasteiger partial charge in [-0.2, -0.15) is 5.10 Å². The highest BCUT2D eigenvalue weighted by Crippen LogP contribution is 2.30. The van der Waals surface area contributed by atoms with Crippen LogP contribution in [0.2, 0.25) is 0 Å². The van der Waals surface area contributed by atoms with Gasteiger partial charge in [-0.25, -0.2) is 0 Å². The van der Waals surface area contributed by atoms with Gasteiger partial charge in [0.25, 0.3) is 11.8 Å². The summed E-state index contributed by atoms with van der Waals surface area (Å²) < 4.78 is 1.94. The standard InChI is InChI=1S/C20H20N6O4/c27-16-5-4-14(18(28)23-16)26-19(29)13-3-1-2-11(17(13)20(26)30)9-22-15-8-12-10-21-6-7-25(12)24-15/h1-3,8,14,21H,4-7,9-10H2,(H,22,24)(H,23,27,28). The highest BCUT2D eigenvalue weighted by molar-refractivity contribution is 6.24. The van der Waals surface area contributed by atoms with E-state index in [-0.39, 0.29) is 18.4 Å². The normalized spacial score (nSPS) is 20.8. The van der Waals surface area contributed by atoms with Crippen LogP contribution < -0.4 is 16.0 Å². The van der Waals surface area contributed by atoms with Crippen molar-refractivity contribution >= 4 is 29.4 Å². The predicted octanol–water partition coefficient (Wildman–Crippen LogP) is -0.000400. The van der Waals surface area contributed by atoms with E-state index in [9.17, 15) is 19.2 Å². The fraction of sp³-hybridized carbons (Fsp3) is 0.350. The fourth-order valence-electron chi connectivity index (χ4n) is 4.20. The Kier molecular flexibility index (Phi) is 4.35. The lowest BCUT2D eigenvalue weighted by atomic mass is 10.0. The van der Waals surface area contributed by atoms with Gasteiger partial charge in [-0.3, -0.25) is 34.1 Å². The van der Waals surface area contributed by atoms with E-state index in [4.69, 9.17) is 0 Å². The lowest BCUT2D eigenvalue weighted by Gasteiger charge is -2.27. The number of nitrogens with one attached hydrogen (secondary N) is 3. The zero-order valence-electron chi connectivity index (χ0n) is 16.1. The summed E-state index contributed by atoms with van der Waals surface area (Å²) in [6.07, 6.45) is 0.232. The van der Waals surface area contributed by atoms with Crippen LogP contribution in [0.25, 0.3) is 0 Å². The lowest BCUT2D eigenvalue weighted by molar-refractivity contribution is -0.136. The molecule has 1 aromatic heterocycles. The van der Waals surface area contributed by atoms with Crippen molar-refractivity contribution in [2.75, 3.05) is 11.9 Å². The molecule has 0 aliphatic carbocycles. The van der Waals surface area contributed by atoms with Gasteiger partial charge in [0.1, 0.15) is 11.9 Å². The number of amides is 4. The molecule has 0 spiro atoms. The lowest BCUT2D eigenvalue weighted by Crippen LogP contribution is -2.54. The average molecular weight is 408 g/mol. The van der Waals surface area contributed by atoms with Gasteiger partial charge in [0.05, 0.1) is 23.4 Å². The quantitative estimate of drug-likeness (QED) is 0.608. The van der Waals surface area contributed by atoms with Crippen LogP contribution in [0.1, 0.15) is 44.8 Å². The monoisotopic (exact) mass is 408 g/mol. The molecular weight excluding hydrogens is 388 g/mol. The maximum absolute atomic E-state index is 13.1. The minimum atomic E-state index is -0.969. The molecule has 1 saturated heterocycles. The molecule has 154 valence electrons. The van der Waals surface area contributed by atoms with Crippen LogP contribution in [-0.2, 0) is 29.2 Å². The summed E-state index contributed by atoms with van der Waals surface area (Å²) in [6, 6.07) is 6.08. The number of hydrogen-bond acceptors (Lipinski definition) is 7. The smallest absolute Gasteiger partial charge is 0.262 e. The Morgan fingerprint density at radius 2 is 2.03 bits per heavy atom. The number of carbonyl (C=O) groups is 4. The fourth-order valence-corrected chi connectivity index (χ4v) is 4.20. The first kappa shape index (κ1) is 18.5. The van der Waals surface area contributed by atoms with Gasteiger partial charge in [-0.1, -0.05) is 12.1 Å². The van der Waals surface area contributed by atoms with Gasteiger partial charge in [0.2, 0.25) is 11.8 Å². The first-order valence-corrected chi connectivity index (χ1v) is 9.87. The number of rotatable bonds is 4. The van der Waals surface area contributed by atoms with Crippen LogP contribution in [0.4, 0.5) is 5.82 Å². The first-order valence-electron chi connectivity index (χ1n) is 9.87. The maximum Gasteiger partial charge on any atom is 0.262 e. The van der Waals surface area contributed by atoms with Crippen LogP contribution in [0.5, 0.6) is 0 Å². The van der Waals surface area contributed by atoms with Gasteiger partial charge >= 0.3 is 0 Å². The van der Waals surface area contributed by atoms with Crippen molar-refractivity contribution < 1.29 is 19.2 Å². The maximum atomic E-state index is 13.1. The molecule has 4 amide bonds. The van der Waals surface area contributed by atoms with Crippen molar-refractivity contribution in [1.29, 1.82) is 0 Å². The van der Waals surface area contributed by atoms with E-state index >= 15 is 0 Å². The molecule has 1 fully saturated rings. The number of fused-ring (bicyclic) bond motifs is 2. The van der Waals surface area contributed by atoms with Gasteiger partial charge in [0.15, 0.2) is 0 Å². The number of piperidine rings is 1. The third-order valence-corrected chi connectivity index (χ3v) is 5.68. The van der Waals surface area contributed by atoms with Crippen molar-refractivity contribution in [3.8, 4) is 0 Å². The Labute approximate surface area is 171 Å². The van der Waals surface area contributed by atoms with Gasteiger partial charge in [0, 0.05) is 32.1 Å². The zero-order valence-corrected chi connectivity index (χ0v) is 16.1. The molecule has 10 heteroatoms. The highest BCUT2D eigenvalue weighted by atomic mass is 16.2. The Morgan fingerprint density at radius 1 is 1.17 bits per heavy atom. The highest BCUT2D eigenvalue weighted by Gasteiger charge is 2.45. The minimum absolute atomic E-state index is 0.0953. The number of carbonyl (C=O) groups excluding carboxylic acids is 4. The van der Waals surface area contributed by atoms with Crippen LogP contribution in [0.3, 0.4) is 0 Å². The zero-order chi connectivity index (χ0) is 20.8. The van der Waals surface area contributed by atoms with Crippen molar-refractivity contribution in [1.82, 2.24) is 25.3 Å². The number of benzene rings is 1. The van der Waals surface area contributed by atoms with Crippen molar-refractivity contribution in [3.63, 3.8) is 0 Å². The predicted molar refractivity (Wildman–Crippen MR) is 104 cm³/mol. The Morgan fingerprint density at radius 3 is 2.83 bits per heavy atom. The molecule has 5 rings (SSSR count). The Balaban J connectivity index is 1.38. The minimum Gasteiger partial charge on any atom is -0.364 e. The Hall–Kier alpha value is -3.53. The molecule has 30 heavy (non-hydrogen) atoms. The summed E-state index contributed by atoms with van der Waals surface area (Å²) in [4.78, 5) is 50.6. The third-order valence-electron chi connectivity index (χ3n) is 5.68. The largest absolute Gasteiger partial charge is 0.364 e. The summed E-state index contributed by atoms with van der Waals surface area (Å²) in [5, 5.41) is 13.2. The molecule has 1 atom stereocenters. The van der Waals surface area contributed by atoms with Crippen LogP contribution in [0, 0.1) is 0 Å². The van der Waals surface area contributed by atoms with Crippen molar-refractivity contribution in [3.05, 3.63) is 46.6 Å². The number of aromatic nitrogens is 2. The van der Waals surface area contributed by atoms with Crippen LogP contribution in [-0.4, -0.2) is 50.9 Å². The van der Waals surface area contributed by atoms with E-state index in [1.54, 1.807) is 18.2 Å². The van der Waals surface area contributed by atoms with E-state index in [1.165, 1.54) is 0 Å². The van der Waals surface area contributed by atoms with Crippen LogP contribution >= 0.6 is 0 Å². The second-order valence-corrected chi connectivity index (χ2v) is 7.56. The second-order valence-electron chi connectivity index (χ2n) is 7.56. The molecule has 0 saturated carbocycles. The molecule has 3 N–H and O–H groups in total. The molecule has 2 aromatic rings. The number of anilines is 1. The van der Waals surface area contributed by atoms with E-state index in [0.717, 1.165) is 30.2 Å². The topological polar surface area (TPSA) is 125 Å². The summed E-state index contributed by atoms with van der Waals surface area (Å²) in [5.74, 6) is -1.32.